The fourth-order valence-electron chi connectivity index (χ4n) is 5.18. The number of pyridine rings is 1. The van der Waals surface area contributed by atoms with Crippen molar-refractivity contribution in [2.45, 2.75) is 31.8 Å². The van der Waals surface area contributed by atoms with Crippen LogP contribution in [0.4, 0.5) is 4.39 Å². The Hall–Kier alpha value is -3.23. The van der Waals surface area contributed by atoms with Gasteiger partial charge in [0.05, 0.1) is 7.11 Å². The molecule has 35 heavy (non-hydrogen) atoms. The number of halogens is 1. The van der Waals surface area contributed by atoms with Crippen LogP contribution in [0.15, 0.2) is 65.8 Å². The molecule has 0 spiro atoms. The van der Waals surface area contributed by atoms with Gasteiger partial charge in [0.25, 0.3) is 5.91 Å². The molecular weight excluding hydrogens is 463 g/mol. The minimum Gasteiger partial charge on any atom is -0.481 e. The number of amides is 1. The van der Waals surface area contributed by atoms with Crippen molar-refractivity contribution in [3.05, 3.63) is 94.4 Å². The van der Waals surface area contributed by atoms with Crippen molar-refractivity contribution < 1.29 is 13.9 Å². The van der Waals surface area contributed by atoms with Gasteiger partial charge in [-0.2, -0.15) is 0 Å². The smallest absolute Gasteiger partial charge is 0.257 e. The Morgan fingerprint density at radius 2 is 2.00 bits per heavy atom. The number of fused-ring (bicyclic) bond motifs is 2. The second kappa shape index (κ2) is 9.09. The zero-order chi connectivity index (χ0) is 24.6. The van der Waals surface area contributed by atoms with Gasteiger partial charge < -0.3 is 15.8 Å². The molecule has 0 bridgehead atoms. The molecule has 3 N–H and O–H groups in total. The van der Waals surface area contributed by atoms with Gasteiger partial charge in [-0.3, -0.25) is 4.79 Å². The molecule has 2 atom stereocenters. The average molecular weight is 491 g/mol. The number of hydrogen-bond donors (Lipinski definition) is 2. The third-order valence-electron chi connectivity index (χ3n) is 7.11. The summed E-state index contributed by atoms with van der Waals surface area (Å²) in [5.74, 6) is 0.575. The maximum Gasteiger partial charge on any atom is 0.257 e. The first kappa shape index (κ1) is 23.5. The van der Waals surface area contributed by atoms with Crippen LogP contribution >= 0.6 is 11.8 Å². The van der Waals surface area contributed by atoms with Crippen LogP contribution in [0.2, 0.25) is 0 Å². The first-order valence-corrected chi connectivity index (χ1v) is 12.5. The van der Waals surface area contributed by atoms with Crippen molar-refractivity contribution >= 4 is 22.8 Å². The van der Waals surface area contributed by atoms with Crippen molar-refractivity contribution in [3.63, 3.8) is 0 Å². The highest BCUT2D eigenvalue weighted by atomic mass is 32.2. The molecule has 180 valence electrons. The van der Waals surface area contributed by atoms with Gasteiger partial charge in [-0.05, 0) is 47.9 Å². The van der Waals surface area contributed by atoms with Crippen LogP contribution < -0.4 is 15.8 Å². The molecule has 0 unspecified atom stereocenters. The van der Waals surface area contributed by atoms with Gasteiger partial charge in [-0.15, -0.1) is 0 Å². The van der Waals surface area contributed by atoms with E-state index >= 15 is 4.39 Å². The van der Waals surface area contributed by atoms with Crippen LogP contribution in [0.3, 0.4) is 0 Å². The van der Waals surface area contributed by atoms with Crippen LogP contribution in [0.25, 0.3) is 0 Å². The number of methoxy groups -OCH3 is 1. The molecule has 0 radical (unpaired) electrons. The van der Waals surface area contributed by atoms with E-state index in [1.807, 2.05) is 30.3 Å². The van der Waals surface area contributed by atoms with E-state index in [-0.39, 0.29) is 18.3 Å². The maximum atomic E-state index is 15.6. The van der Waals surface area contributed by atoms with Gasteiger partial charge in [0, 0.05) is 47.0 Å². The molecule has 1 aliphatic carbocycles. The number of aliphatic imine (C=N–C) groups is 1. The molecule has 1 aromatic heterocycles. The Morgan fingerprint density at radius 3 is 2.74 bits per heavy atom. The Labute approximate surface area is 208 Å². The molecule has 0 saturated carbocycles. The lowest BCUT2D eigenvalue weighted by Gasteiger charge is -2.52. The predicted octanol–water partition coefficient (Wildman–Crippen LogP) is 4.22. The van der Waals surface area contributed by atoms with E-state index in [1.165, 1.54) is 17.8 Å². The summed E-state index contributed by atoms with van der Waals surface area (Å²) < 4.78 is 21.2. The number of hydrogen-bond acceptors (Lipinski definition) is 6. The van der Waals surface area contributed by atoms with Gasteiger partial charge in [0.2, 0.25) is 5.88 Å². The number of aromatic nitrogens is 1. The second-order valence-electron chi connectivity index (χ2n) is 9.28. The lowest BCUT2D eigenvalue weighted by atomic mass is 9.58. The van der Waals surface area contributed by atoms with E-state index in [0.717, 1.165) is 16.7 Å². The Balaban J connectivity index is 1.68. The molecule has 8 heteroatoms. The third-order valence-corrected chi connectivity index (χ3v) is 8.35. The number of thioether (sulfide) groups is 1. The van der Waals surface area contributed by atoms with E-state index in [2.05, 4.69) is 17.2 Å². The number of nitrogens with two attached hydrogens (primary N) is 1. The first-order chi connectivity index (χ1) is 16.9. The maximum absolute atomic E-state index is 15.6. The lowest BCUT2D eigenvalue weighted by molar-refractivity contribution is 0.0975. The topological polar surface area (TPSA) is 89.6 Å². The van der Waals surface area contributed by atoms with E-state index < -0.39 is 11.0 Å². The highest BCUT2D eigenvalue weighted by Crippen LogP contribution is 2.57. The minimum atomic E-state index is -0.976. The molecule has 1 aliphatic heterocycles. The van der Waals surface area contributed by atoms with E-state index in [4.69, 9.17) is 15.5 Å². The highest BCUT2D eigenvalue weighted by Gasteiger charge is 2.56. The second-order valence-corrected chi connectivity index (χ2v) is 10.2. The summed E-state index contributed by atoms with van der Waals surface area (Å²) in [4.78, 5) is 22.5. The summed E-state index contributed by atoms with van der Waals surface area (Å²) in [7, 11) is 1.59. The van der Waals surface area contributed by atoms with E-state index in [1.54, 1.807) is 31.5 Å². The van der Waals surface area contributed by atoms with Crippen LogP contribution in [0.1, 0.15) is 39.5 Å². The van der Waals surface area contributed by atoms with Gasteiger partial charge >= 0.3 is 0 Å². The molecule has 0 fully saturated rings. The largest absolute Gasteiger partial charge is 0.481 e. The van der Waals surface area contributed by atoms with Crippen molar-refractivity contribution in [2.24, 2.45) is 16.1 Å². The summed E-state index contributed by atoms with van der Waals surface area (Å²) in [6, 6.07) is 16.0. The number of carbonyl (C=O) groups excluding carboxylic acids is 1. The van der Waals surface area contributed by atoms with Crippen LogP contribution in [-0.4, -0.2) is 28.9 Å². The standard InChI is InChI=1S/C27H27FN4O2S/c1-26-13-19-10-11-30-24(34-2)20(19)14-27(26,21-12-17(15-29)8-9-22(21)28)32-25(35-16-26)31-23(33)18-6-4-3-5-7-18/h3-12H,13-16,29H2,1-2H3,(H,31,32,33)/t26-,27+/m0/s1. The zero-order valence-electron chi connectivity index (χ0n) is 19.7. The highest BCUT2D eigenvalue weighted by molar-refractivity contribution is 8.14. The monoisotopic (exact) mass is 490 g/mol. The number of ether oxygens (including phenoxy) is 1. The first-order valence-electron chi connectivity index (χ1n) is 11.5. The quantitative estimate of drug-likeness (QED) is 0.572. The Kier molecular flexibility index (Phi) is 6.11. The fourth-order valence-corrected chi connectivity index (χ4v) is 6.36. The minimum absolute atomic E-state index is 0.248. The van der Waals surface area contributed by atoms with Crippen molar-refractivity contribution in [2.75, 3.05) is 12.9 Å². The molecule has 2 heterocycles. The summed E-state index contributed by atoms with van der Waals surface area (Å²) in [5.41, 5.74) is 8.40. The number of carbonyl (C=O) groups is 1. The number of amidine groups is 1. The van der Waals surface area contributed by atoms with E-state index in [9.17, 15) is 4.79 Å². The van der Waals surface area contributed by atoms with E-state index in [0.29, 0.717) is 40.8 Å². The molecular formula is C27H27FN4O2S. The predicted molar refractivity (Wildman–Crippen MR) is 136 cm³/mol. The van der Waals surface area contributed by atoms with Gasteiger partial charge in [-0.25, -0.2) is 14.4 Å². The lowest BCUT2D eigenvalue weighted by Crippen LogP contribution is -2.54. The SMILES string of the molecule is COc1nccc2c1C[C@]1(c3cc(CN)ccc3F)N=C(NC(=O)c3ccccc3)SC[C@]1(C)C2. The van der Waals surface area contributed by atoms with Gasteiger partial charge in [0.1, 0.15) is 11.4 Å². The van der Waals surface area contributed by atoms with Crippen molar-refractivity contribution in [3.8, 4) is 5.88 Å². The molecule has 5 rings (SSSR count). The van der Waals surface area contributed by atoms with Crippen LogP contribution in [0, 0.1) is 11.2 Å². The normalized spacial score (nSPS) is 23.0. The Morgan fingerprint density at radius 1 is 1.20 bits per heavy atom. The molecule has 6 nitrogen and oxygen atoms in total. The van der Waals surface area contributed by atoms with Gasteiger partial charge in [-0.1, -0.05) is 43.0 Å². The summed E-state index contributed by atoms with van der Waals surface area (Å²) >= 11 is 1.49. The summed E-state index contributed by atoms with van der Waals surface area (Å²) in [6.07, 6.45) is 2.81. The fraction of sp³-hybridized carbons (Fsp3) is 0.296. The summed E-state index contributed by atoms with van der Waals surface area (Å²) in [6.45, 7) is 2.43. The molecule has 1 amide bonds. The Bertz CT molecular complexity index is 1320. The number of benzene rings is 2. The van der Waals surface area contributed by atoms with Crippen LogP contribution in [0.5, 0.6) is 5.88 Å². The van der Waals surface area contributed by atoms with Crippen molar-refractivity contribution in [1.82, 2.24) is 10.3 Å². The third kappa shape index (κ3) is 4.00. The molecule has 2 aromatic carbocycles. The molecule has 0 saturated heterocycles. The van der Waals surface area contributed by atoms with Crippen LogP contribution in [-0.2, 0) is 24.9 Å². The zero-order valence-corrected chi connectivity index (χ0v) is 20.5. The van der Waals surface area contributed by atoms with Crippen molar-refractivity contribution in [1.29, 1.82) is 0 Å². The average Bonchev–Trinajstić information content (AvgIpc) is 2.88. The van der Waals surface area contributed by atoms with Gasteiger partial charge in [0.15, 0.2) is 5.17 Å². The molecule has 2 aliphatic rings. The number of rotatable bonds is 4. The summed E-state index contributed by atoms with van der Waals surface area (Å²) in [5, 5.41) is 3.43. The number of nitrogens with zero attached hydrogens (tertiary/aromatic N) is 2. The molecule has 3 aromatic rings. The number of nitrogens with one attached hydrogen (secondary N) is 1.